The molecule has 0 aliphatic rings. The van der Waals surface area contributed by atoms with Crippen LogP contribution in [0.25, 0.3) is 11.1 Å². The predicted octanol–water partition coefficient (Wildman–Crippen LogP) is 0.747. The second-order valence-electron chi connectivity index (χ2n) is 3.55. The maximum Gasteiger partial charge on any atom is 0.325 e. The third kappa shape index (κ3) is 2.13. The molecule has 2 aromatic rings. The van der Waals surface area contributed by atoms with E-state index in [0.717, 1.165) is 0 Å². The van der Waals surface area contributed by atoms with Crippen molar-refractivity contribution in [3.05, 3.63) is 45.2 Å². The lowest BCUT2D eigenvalue weighted by Gasteiger charge is -2.09. The summed E-state index contributed by atoms with van der Waals surface area (Å²) in [5.74, 6) is 1.11. The molecule has 0 amide bonds. The highest BCUT2D eigenvalue weighted by Gasteiger charge is 2.11. The maximum atomic E-state index is 11.7. The fourth-order valence-electron chi connectivity index (χ4n) is 1.63. The van der Waals surface area contributed by atoms with E-state index in [0.29, 0.717) is 22.6 Å². The molecule has 0 saturated heterocycles. The Morgan fingerprint density at radius 2 is 1.83 bits per heavy atom. The summed E-state index contributed by atoms with van der Waals surface area (Å²) < 4.78 is 10.3. The molecule has 0 fully saturated rings. The molecule has 18 heavy (non-hydrogen) atoms. The minimum atomic E-state index is -0.545. The second-order valence-corrected chi connectivity index (χ2v) is 3.55. The summed E-state index contributed by atoms with van der Waals surface area (Å²) in [7, 11) is 3.04. The van der Waals surface area contributed by atoms with E-state index in [-0.39, 0.29) is 0 Å². The van der Waals surface area contributed by atoms with E-state index in [2.05, 4.69) is 9.97 Å². The molecule has 6 heteroatoms. The van der Waals surface area contributed by atoms with Crippen LogP contribution >= 0.6 is 0 Å². The molecule has 0 atom stereocenters. The molecular weight excluding hydrogens is 236 g/mol. The number of methoxy groups -OCH3 is 2. The summed E-state index contributed by atoms with van der Waals surface area (Å²) in [6, 6.07) is 5.07. The molecule has 94 valence electrons. The number of aromatic nitrogens is 2. The zero-order valence-electron chi connectivity index (χ0n) is 9.94. The van der Waals surface area contributed by atoms with E-state index >= 15 is 0 Å². The van der Waals surface area contributed by atoms with Gasteiger partial charge in [0.1, 0.15) is 11.5 Å². The number of hydrogen-bond acceptors (Lipinski definition) is 4. The Morgan fingerprint density at radius 3 is 2.44 bits per heavy atom. The van der Waals surface area contributed by atoms with Crippen molar-refractivity contribution in [3.63, 3.8) is 0 Å². The number of H-pyrrole nitrogens is 2. The number of aromatic amines is 2. The quantitative estimate of drug-likeness (QED) is 0.839. The van der Waals surface area contributed by atoms with Gasteiger partial charge in [0.15, 0.2) is 0 Å². The van der Waals surface area contributed by atoms with Crippen molar-refractivity contribution >= 4 is 0 Å². The Morgan fingerprint density at radius 1 is 1.06 bits per heavy atom. The number of hydrogen-bond donors (Lipinski definition) is 2. The summed E-state index contributed by atoms with van der Waals surface area (Å²) in [6.07, 6.45) is 1.35. The SMILES string of the molecule is COc1ccc(-c2c[nH]c(=O)[nH]c2=O)c(OC)c1. The van der Waals surface area contributed by atoms with Crippen molar-refractivity contribution in [2.24, 2.45) is 0 Å². The van der Waals surface area contributed by atoms with Crippen molar-refractivity contribution in [1.29, 1.82) is 0 Å². The highest BCUT2D eigenvalue weighted by atomic mass is 16.5. The van der Waals surface area contributed by atoms with Gasteiger partial charge in [0.05, 0.1) is 19.8 Å². The molecule has 0 unspecified atom stereocenters. The zero-order valence-corrected chi connectivity index (χ0v) is 9.94. The van der Waals surface area contributed by atoms with Crippen LogP contribution in [0.5, 0.6) is 11.5 Å². The van der Waals surface area contributed by atoms with Gasteiger partial charge in [-0.2, -0.15) is 0 Å². The molecule has 0 aliphatic carbocycles. The first-order chi connectivity index (χ1) is 8.65. The van der Waals surface area contributed by atoms with Crippen molar-refractivity contribution in [1.82, 2.24) is 9.97 Å². The largest absolute Gasteiger partial charge is 0.497 e. The van der Waals surface area contributed by atoms with Gasteiger partial charge in [0.25, 0.3) is 5.56 Å². The van der Waals surface area contributed by atoms with Crippen LogP contribution in [0.1, 0.15) is 0 Å². The van der Waals surface area contributed by atoms with Gasteiger partial charge >= 0.3 is 5.69 Å². The lowest BCUT2D eigenvalue weighted by atomic mass is 10.1. The minimum Gasteiger partial charge on any atom is -0.497 e. The number of nitrogens with one attached hydrogen (secondary N) is 2. The van der Waals surface area contributed by atoms with Gasteiger partial charge in [-0.1, -0.05) is 0 Å². The molecule has 1 aromatic carbocycles. The van der Waals surface area contributed by atoms with Crippen LogP contribution in [0.2, 0.25) is 0 Å². The molecule has 2 rings (SSSR count). The van der Waals surface area contributed by atoms with Crippen molar-refractivity contribution < 1.29 is 9.47 Å². The maximum absolute atomic E-state index is 11.7. The summed E-state index contributed by atoms with van der Waals surface area (Å²) >= 11 is 0. The molecule has 1 aromatic heterocycles. The lowest BCUT2D eigenvalue weighted by Crippen LogP contribution is -2.22. The summed E-state index contributed by atoms with van der Waals surface area (Å²) in [4.78, 5) is 27.3. The third-order valence-corrected chi connectivity index (χ3v) is 2.52. The minimum absolute atomic E-state index is 0.328. The molecule has 0 bridgehead atoms. The molecule has 2 N–H and O–H groups in total. The Kier molecular flexibility index (Phi) is 3.18. The van der Waals surface area contributed by atoms with Crippen LogP contribution in [0.15, 0.2) is 34.0 Å². The lowest BCUT2D eigenvalue weighted by molar-refractivity contribution is 0.395. The Bertz CT molecular complexity index is 672. The van der Waals surface area contributed by atoms with Crippen LogP contribution in [-0.4, -0.2) is 24.2 Å². The van der Waals surface area contributed by atoms with Gasteiger partial charge in [-0.15, -0.1) is 0 Å². The van der Waals surface area contributed by atoms with E-state index in [4.69, 9.17) is 9.47 Å². The smallest absolute Gasteiger partial charge is 0.325 e. The fourth-order valence-corrected chi connectivity index (χ4v) is 1.63. The van der Waals surface area contributed by atoms with Gasteiger partial charge in [0, 0.05) is 17.8 Å². The van der Waals surface area contributed by atoms with Gasteiger partial charge in [-0.3, -0.25) is 9.78 Å². The third-order valence-electron chi connectivity index (χ3n) is 2.52. The average molecular weight is 248 g/mol. The molecule has 0 radical (unpaired) electrons. The van der Waals surface area contributed by atoms with E-state index < -0.39 is 11.2 Å². The number of benzene rings is 1. The van der Waals surface area contributed by atoms with Gasteiger partial charge in [-0.05, 0) is 12.1 Å². The van der Waals surface area contributed by atoms with Crippen LogP contribution < -0.4 is 20.7 Å². The molecule has 0 aliphatic heterocycles. The Hall–Kier alpha value is -2.50. The highest BCUT2D eigenvalue weighted by Crippen LogP contribution is 2.30. The standard InChI is InChI=1S/C12H12N2O4/c1-17-7-3-4-8(10(5-7)18-2)9-6-13-12(16)14-11(9)15/h3-6H,1-2H3,(H2,13,14,15,16). The van der Waals surface area contributed by atoms with Gasteiger partial charge in [-0.25, -0.2) is 4.79 Å². The fraction of sp³-hybridized carbons (Fsp3) is 0.167. The van der Waals surface area contributed by atoms with Crippen LogP contribution in [0, 0.1) is 0 Å². The first kappa shape index (κ1) is 12.0. The Labute approximate surface area is 102 Å². The molecular formula is C12H12N2O4. The normalized spacial score (nSPS) is 10.1. The van der Waals surface area contributed by atoms with E-state index in [1.165, 1.54) is 13.3 Å². The van der Waals surface area contributed by atoms with Gasteiger partial charge < -0.3 is 14.5 Å². The van der Waals surface area contributed by atoms with Crippen LogP contribution in [0.4, 0.5) is 0 Å². The van der Waals surface area contributed by atoms with Crippen molar-refractivity contribution in [2.45, 2.75) is 0 Å². The van der Waals surface area contributed by atoms with Crippen LogP contribution in [0.3, 0.4) is 0 Å². The van der Waals surface area contributed by atoms with Crippen molar-refractivity contribution in [3.8, 4) is 22.6 Å². The second kappa shape index (κ2) is 4.79. The topological polar surface area (TPSA) is 84.2 Å². The molecule has 1 heterocycles. The summed E-state index contributed by atoms with van der Waals surface area (Å²) in [5.41, 5.74) is -0.108. The first-order valence-corrected chi connectivity index (χ1v) is 5.20. The summed E-state index contributed by atoms with van der Waals surface area (Å²) in [5, 5.41) is 0. The monoisotopic (exact) mass is 248 g/mol. The highest BCUT2D eigenvalue weighted by molar-refractivity contribution is 5.70. The average Bonchev–Trinajstić information content (AvgIpc) is 2.38. The zero-order chi connectivity index (χ0) is 13.1. The molecule has 6 nitrogen and oxygen atoms in total. The number of ether oxygens (including phenoxy) is 2. The number of rotatable bonds is 3. The van der Waals surface area contributed by atoms with E-state index in [1.54, 1.807) is 25.3 Å². The molecule has 0 spiro atoms. The van der Waals surface area contributed by atoms with E-state index in [1.807, 2.05) is 0 Å². The Balaban J connectivity index is 2.63. The van der Waals surface area contributed by atoms with Crippen LogP contribution in [-0.2, 0) is 0 Å². The van der Waals surface area contributed by atoms with Crippen molar-refractivity contribution in [2.75, 3.05) is 14.2 Å². The first-order valence-electron chi connectivity index (χ1n) is 5.20. The van der Waals surface area contributed by atoms with E-state index in [9.17, 15) is 9.59 Å². The predicted molar refractivity (Wildman–Crippen MR) is 66.2 cm³/mol. The summed E-state index contributed by atoms with van der Waals surface area (Å²) in [6.45, 7) is 0. The van der Waals surface area contributed by atoms with Gasteiger partial charge in [0.2, 0.25) is 0 Å². The molecule has 0 saturated carbocycles.